The first-order chi connectivity index (χ1) is 8.13. The molecule has 1 aromatic heterocycles. The molecule has 1 aliphatic carbocycles. The molecule has 17 heavy (non-hydrogen) atoms. The third-order valence-electron chi connectivity index (χ3n) is 3.18. The molecule has 0 spiro atoms. The largest absolute Gasteiger partial charge is 0.395 e. The van der Waals surface area contributed by atoms with Crippen LogP contribution in [0.5, 0.6) is 0 Å². The van der Waals surface area contributed by atoms with E-state index in [0.717, 1.165) is 17.2 Å². The van der Waals surface area contributed by atoms with Gasteiger partial charge in [0.2, 0.25) is 0 Å². The van der Waals surface area contributed by atoms with E-state index in [-0.39, 0.29) is 6.61 Å². The summed E-state index contributed by atoms with van der Waals surface area (Å²) in [5.41, 5.74) is 1.16. The predicted octanol–water partition coefficient (Wildman–Crippen LogP) is 1.91. The average Bonchev–Trinajstić information content (AvgIpc) is 3.12. The van der Waals surface area contributed by atoms with Gasteiger partial charge in [-0.05, 0) is 18.8 Å². The number of aliphatic hydroxyl groups excluding tert-OH is 1. The molecule has 0 aromatic carbocycles. The molecule has 0 amide bonds. The van der Waals surface area contributed by atoms with Crippen LogP contribution in [0.25, 0.3) is 0 Å². The summed E-state index contributed by atoms with van der Waals surface area (Å²) in [5, 5.41) is 9.03. The molecule has 0 aliphatic heterocycles. The fourth-order valence-electron chi connectivity index (χ4n) is 1.90. The lowest BCUT2D eigenvalue weighted by Gasteiger charge is -2.22. The van der Waals surface area contributed by atoms with Crippen molar-refractivity contribution in [2.24, 2.45) is 0 Å². The molecule has 1 aromatic rings. The first-order valence-corrected chi connectivity index (χ1v) is 6.32. The van der Waals surface area contributed by atoms with Crippen molar-refractivity contribution in [3.63, 3.8) is 0 Å². The zero-order valence-electron chi connectivity index (χ0n) is 10.8. The minimum atomic E-state index is 0.150. The Morgan fingerprint density at radius 3 is 2.71 bits per heavy atom. The van der Waals surface area contributed by atoms with Gasteiger partial charge in [0.05, 0.1) is 6.61 Å². The molecule has 1 N–H and O–H groups in total. The van der Waals surface area contributed by atoms with Gasteiger partial charge in [0, 0.05) is 31.3 Å². The maximum Gasteiger partial charge on any atom is 0.135 e. The van der Waals surface area contributed by atoms with Crippen LogP contribution in [0.1, 0.15) is 49.9 Å². The van der Waals surface area contributed by atoms with Crippen molar-refractivity contribution in [2.45, 2.75) is 38.5 Å². The fraction of sp³-hybridized carbons (Fsp3) is 0.692. The van der Waals surface area contributed by atoms with Gasteiger partial charge in [-0.3, -0.25) is 0 Å². The molecule has 1 heterocycles. The third-order valence-corrected chi connectivity index (χ3v) is 3.18. The van der Waals surface area contributed by atoms with E-state index in [1.54, 1.807) is 0 Å². The number of hydrogen-bond acceptors (Lipinski definition) is 4. The molecular formula is C13H21N3O. The van der Waals surface area contributed by atoms with Gasteiger partial charge in [-0.1, -0.05) is 13.8 Å². The van der Waals surface area contributed by atoms with Crippen LogP contribution >= 0.6 is 0 Å². The summed E-state index contributed by atoms with van der Waals surface area (Å²) < 4.78 is 0. The van der Waals surface area contributed by atoms with Gasteiger partial charge in [0.1, 0.15) is 11.6 Å². The maximum absolute atomic E-state index is 9.03. The Morgan fingerprint density at radius 1 is 1.47 bits per heavy atom. The topological polar surface area (TPSA) is 49.2 Å². The van der Waals surface area contributed by atoms with Crippen LogP contribution in [0.4, 0.5) is 5.82 Å². The molecule has 1 aliphatic rings. The number of nitrogens with zero attached hydrogens (tertiary/aromatic N) is 3. The Balaban J connectivity index is 2.32. The van der Waals surface area contributed by atoms with Crippen molar-refractivity contribution in [1.82, 2.24) is 9.97 Å². The van der Waals surface area contributed by atoms with Gasteiger partial charge in [0.25, 0.3) is 0 Å². The number of aromatic nitrogens is 2. The quantitative estimate of drug-likeness (QED) is 0.847. The van der Waals surface area contributed by atoms with Crippen LogP contribution in [0, 0.1) is 0 Å². The number of anilines is 1. The maximum atomic E-state index is 9.03. The zero-order valence-corrected chi connectivity index (χ0v) is 10.8. The van der Waals surface area contributed by atoms with E-state index in [4.69, 9.17) is 5.11 Å². The minimum Gasteiger partial charge on any atom is -0.395 e. The lowest BCUT2D eigenvalue weighted by atomic mass is 10.1. The summed E-state index contributed by atoms with van der Waals surface area (Å²) in [7, 11) is 1.97. The van der Waals surface area contributed by atoms with Crippen LogP contribution in [-0.4, -0.2) is 35.3 Å². The second-order valence-electron chi connectivity index (χ2n) is 5.08. The molecule has 1 saturated carbocycles. The van der Waals surface area contributed by atoms with Crippen LogP contribution < -0.4 is 4.90 Å². The monoisotopic (exact) mass is 235 g/mol. The van der Waals surface area contributed by atoms with Gasteiger partial charge in [-0.15, -0.1) is 0 Å². The highest BCUT2D eigenvalue weighted by molar-refractivity contribution is 5.47. The van der Waals surface area contributed by atoms with Gasteiger partial charge in [-0.2, -0.15) is 0 Å². The highest BCUT2D eigenvalue weighted by atomic mass is 16.3. The van der Waals surface area contributed by atoms with Crippen molar-refractivity contribution in [3.05, 3.63) is 17.6 Å². The molecular weight excluding hydrogens is 214 g/mol. The normalized spacial score (nSPS) is 15.4. The average molecular weight is 235 g/mol. The zero-order chi connectivity index (χ0) is 12.4. The summed E-state index contributed by atoms with van der Waals surface area (Å²) in [6, 6.07) is 0. The molecule has 0 bridgehead atoms. The molecule has 0 radical (unpaired) electrons. The highest BCUT2D eigenvalue weighted by Crippen LogP contribution is 2.39. The van der Waals surface area contributed by atoms with Crippen molar-refractivity contribution < 1.29 is 5.11 Å². The van der Waals surface area contributed by atoms with Crippen molar-refractivity contribution in [3.8, 4) is 0 Å². The molecule has 1 fully saturated rings. The number of aliphatic hydroxyl groups is 1. The number of likely N-dealkylation sites (N-methyl/N-ethyl adjacent to an activating group) is 1. The van der Waals surface area contributed by atoms with Crippen molar-refractivity contribution in [1.29, 1.82) is 0 Å². The second-order valence-corrected chi connectivity index (χ2v) is 5.08. The van der Waals surface area contributed by atoms with E-state index in [9.17, 15) is 0 Å². The predicted molar refractivity (Wildman–Crippen MR) is 68.5 cm³/mol. The summed E-state index contributed by atoms with van der Waals surface area (Å²) in [5.74, 6) is 2.91. The molecule has 4 nitrogen and oxygen atoms in total. The first kappa shape index (κ1) is 12.3. The Kier molecular flexibility index (Phi) is 3.62. The van der Waals surface area contributed by atoms with Crippen LogP contribution in [-0.2, 0) is 0 Å². The Hall–Kier alpha value is -1.16. The van der Waals surface area contributed by atoms with Crippen LogP contribution in [0.2, 0.25) is 0 Å². The fourth-order valence-corrected chi connectivity index (χ4v) is 1.90. The molecule has 0 atom stereocenters. The highest BCUT2D eigenvalue weighted by Gasteiger charge is 2.27. The molecule has 4 heteroatoms. The summed E-state index contributed by atoms with van der Waals surface area (Å²) in [4.78, 5) is 11.2. The second kappa shape index (κ2) is 5.00. The first-order valence-electron chi connectivity index (χ1n) is 6.32. The van der Waals surface area contributed by atoms with Gasteiger partial charge in [0.15, 0.2) is 0 Å². The van der Waals surface area contributed by atoms with E-state index in [2.05, 4.69) is 23.8 Å². The molecule has 0 unspecified atom stereocenters. The lowest BCUT2D eigenvalue weighted by Crippen LogP contribution is -2.24. The summed E-state index contributed by atoms with van der Waals surface area (Å²) in [6.07, 6.45) is 4.38. The van der Waals surface area contributed by atoms with Gasteiger partial charge >= 0.3 is 0 Å². The van der Waals surface area contributed by atoms with E-state index in [1.807, 2.05) is 18.1 Å². The van der Waals surface area contributed by atoms with Crippen molar-refractivity contribution >= 4 is 5.82 Å². The van der Waals surface area contributed by atoms with Crippen molar-refractivity contribution in [2.75, 3.05) is 25.1 Å². The van der Waals surface area contributed by atoms with E-state index < -0.39 is 0 Å². The van der Waals surface area contributed by atoms with Crippen LogP contribution in [0.15, 0.2) is 6.20 Å². The standard InChI is InChI=1S/C13H21N3O/c1-9(2)11-8-14-12(10-4-5-10)15-13(11)16(3)6-7-17/h8-10,17H,4-7H2,1-3H3. The van der Waals surface area contributed by atoms with Gasteiger partial charge in [-0.25, -0.2) is 9.97 Å². The Bertz CT molecular complexity index is 388. The Labute approximate surface area is 103 Å². The molecule has 2 rings (SSSR count). The van der Waals surface area contributed by atoms with E-state index in [1.165, 1.54) is 12.8 Å². The smallest absolute Gasteiger partial charge is 0.135 e. The number of rotatable bonds is 5. The summed E-state index contributed by atoms with van der Waals surface area (Å²) in [6.45, 7) is 5.05. The van der Waals surface area contributed by atoms with E-state index in [0.29, 0.717) is 18.4 Å². The number of hydrogen-bond donors (Lipinski definition) is 1. The Morgan fingerprint density at radius 2 is 2.18 bits per heavy atom. The lowest BCUT2D eigenvalue weighted by molar-refractivity contribution is 0.303. The van der Waals surface area contributed by atoms with Crippen LogP contribution in [0.3, 0.4) is 0 Å². The minimum absolute atomic E-state index is 0.150. The van der Waals surface area contributed by atoms with E-state index >= 15 is 0 Å². The molecule has 94 valence electrons. The van der Waals surface area contributed by atoms with Gasteiger partial charge < -0.3 is 10.0 Å². The summed E-state index contributed by atoms with van der Waals surface area (Å²) >= 11 is 0. The molecule has 0 saturated heterocycles. The third kappa shape index (κ3) is 2.75. The SMILES string of the molecule is CC(C)c1cnc(C2CC2)nc1N(C)CCO.